The van der Waals surface area contributed by atoms with Gasteiger partial charge in [0.25, 0.3) is 0 Å². The van der Waals surface area contributed by atoms with E-state index in [1.165, 1.54) is 16.3 Å². The maximum atomic E-state index is 2.35. The van der Waals surface area contributed by atoms with Crippen LogP contribution in [0.25, 0.3) is 0 Å². The van der Waals surface area contributed by atoms with Crippen LogP contribution in [0, 0.1) is 13.8 Å². The normalized spacial score (nSPS) is 9.73. The molecule has 0 saturated carbocycles. The van der Waals surface area contributed by atoms with Gasteiger partial charge in [-0.1, -0.05) is 41.7 Å². The van der Waals surface area contributed by atoms with Crippen molar-refractivity contribution in [1.29, 1.82) is 0 Å². The van der Waals surface area contributed by atoms with Crippen LogP contribution in [0.15, 0.2) is 35.7 Å². The Morgan fingerprint density at radius 3 is 2.33 bits per heavy atom. The lowest BCUT2D eigenvalue weighted by atomic mass is 10.2. The summed E-state index contributed by atoms with van der Waals surface area (Å²) in [6.07, 6.45) is 0. The average molecular weight is 284 g/mol. The van der Waals surface area contributed by atoms with Gasteiger partial charge >= 0.3 is 0 Å². The molecule has 2 aromatic rings. The van der Waals surface area contributed by atoms with Crippen molar-refractivity contribution in [3.63, 3.8) is 0 Å². The van der Waals surface area contributed by atoms with E-state index in [2.05, 4.69) is 54.1 Å². The van der Waals surface area contributed by atoms with E-state index in [1.54, 1.807) is 0 Å². The van der Waals surface area contributed by atoms with Crippen molar-refractivity contribution in [2.24, 2.45) is 0 Å². The van der Waals surface area contributed by atoms with Gasteiger partial charge in [0.1, 0.15) is 0 Å². The molecule has 2 rings (SSSR count). The summed E-state index contributed by atoms with van der Waals surface area (Å²) in [5, 5.41) is 3.57. The zero-order valence-corrected chi connectivity index (χ0v) is 11.3. The van der Waals surface area contributed by atoms with E-state index in [4.69, 9.17) is 0 Å². The van der Waals surface area contributed by atoms with Crippen LogP contribution in [0.2, 0.25) is 0 Å². The number of hydrogen-bond acceptors (Lipinski definition) is 1. The maximum absolute atomic E-state index is 2.35. The van der Waals surface area contributed by atoms with Gasteiger partial charge in [0, 0.05) is 19.4 Å². The third-order valence-electron chi connectivity index (χ3n) is 2.39. The van der Waals surface area contributed by atoms with Gasteiger partial charge in [0.05, 0.1) is 5.38 Å². The fourth-order valence-electron chi connectivity index (χ4n) is 1.55. The Bertz CT molecular complexity index is 403. The molecule has 0 spiro atoms. The van der Waals surface area contributed by atoms with E-state index in [0.717, 1.165) is 6.54 Å². The maximum Gasteiger partial charge on any atom is 0.234 e. The van der Waals surface area contributed by atoms with Crippen molar-refractivity contribution in [3.05, 3.63) is 52.0 Å². The first kappa shape index (κ1) is 12.4. The van der Waals surface area contributed by atoms with Gasteiger partial charge in [-0.15, -0.1) is 0 Å². The summed E-state index contributed by atoms with van der Waals surface area (Å²) in [4.78, 5) is 0. The zero-order chi connectivity index (χ0) is 9.97. The standard InChI is InChI=1S/C12H14NS.BrH/c1-10-9-14-11(2)13(10)8-12-6-4-3-5-7-12;/h3-7,9H,8H2,1-2H3;1H/q+1;/p-1. The van der Waals surface area contributed by atoms with E-state index < -0.39 is 0 Å². The molecule has 0 aliphatic rings. The van der Waals surface area contributed by atoms with Gasteiger partial charge < -0.3 is 17.0 Å². The summed E-state index contributed by atoms with van der Waals surface area (Å²) in [7, 11) is 0. The number of benzene rings is 1. The Hall–Kier alpha value is -0.670. The van der Waals surface area contributed by atoms with Crippen LogP contribution in [0.5, 0.6) is 0 Å². The highest BCUT2D eigenvalue weighted by Gasteiger charge is 2.12. The first-order valence-corrected chi connectivity index (χ1v) is 5.64. The van der Waals surface area contributed by atoms with E-state index >= 15 is 0 Å². The molecule has 1 aromatic heterocycles. The molecule has 0 radical (unpaired) electrons. The topological polar surface area (TPSA) is 3.88 Å². The van der Waals surface area contributed by atoms with Crippen LogP contribution in [0.1, 0.15) is 16.3 Å². The fourth-order valence-corrected chi connectivity index (χ4v) is 2.35. The molecule has 0 aliphatic carbocycles. The molecule has 1 aromatic carbocycles. The van der Waals surface area contributed by atoms with Crippen LogP contribution in [0.4, 0.5) is 0 Å². The highest BCUT2D eigenvalue weighted by atomic mass is 79.9. The molecule has 1 nitrogen and oxygen atoms in total. The minimum absolute atomic E-state index is 0. The number of aromatic nitrogens is 1. The van der Waals surface area contributed by atoms with Gasteiger partial charge in [-0.2, -0.15) is 4.57 Å². The van der Waals surface area contributed by atoms with E-state index in [1.807, 2.05) is 11.3 Å². The number of aryl methyl sites for hydroxylation is 2. The highest BCUT2D eigenvalue weighted by Crippen LogP contribution is 2.07. The van der Waals surface area contributed by atoms with E-state index in [0.29, 0.717) is 0 Å². The monoisotopic (exact) mass is 283 g/mol. The molecule has 3 heteroatoms. The smallest absolute Gasteiger partial charge is 0.234 e. The second kappa shape index (κ2) is 5.42. The molecular weight excluding hydrogens is 270 g/mol. The quantitative estimate of drug-likeness (QED) is 0.667. The minimum atomic E-state index is 0. The number of thiazole rings is 1. The molecule has 15 heavy (non-hydrogen) atoms. The van der Waals surface area contributed by atoms with Crippen molar-refractivity contribution in [2.45, 2.75) is 20.4 Å². The summed E-state index contributed by atoms with van der Waals surface area (Å²) in [5.74, 6) is 0. The summed E-state index contributed by atoms with van der Waals surface area (Å²) < 4.78 is 2.35. The van der Waals surface area contributed by atoms with Gasteiger partial charge in [0.15, 0.2) is 12.2 Å². The third kappa shape index (κ3) is 2.89. The number of halogens is 1. The van der Waals surface area contributed by atoms with Gasteiger partial charge in [-0.25, -0.2) is 0 Å². The van der Waals surface area contributed by atoms with E-state index in [-0.39, 0.29) is 17.0 Å². The Morgan fingerprint density at radius 2 is 1.80 bits per heavy atom. The van der Waals surface area contributed by atoms with Gasteiger partial charge in [0.2, 0.25) is 5.01 Å². The molecule has 0 atom stereocenters. The largest absolute Gasteiger partial charge is 1.00 e. The van der Waals surface area contributed by atoms with Gasteiger partial charge in [-0.05, 0) is 0 Å². The number of hydrogen-bond donors (Lipinski definition) is 0. The lowest BCUT2D eigenvalue weighted by molar-refractivity contribution is -0.695. The summed E-state index contributed by atoms with van der Waals surface area (Å²) in [6.45, 7) is 5.31. The SMILES string of the molecule is Cc1csc(C)[n+]1Cc1ccccc1.[Br-]. The Morgan fingerprint density at radius 1 is 1.13 bits per heavy atom. The Labute approximate surface area is 105 Å². The highest BCUT2D eigenvalue weighted by molar-refractivity contribution is 7.09. The van der Waals surface area contributed by atoms with Gasteiger partial charge in [-0.3, -0.25) is 0 Å². The fraction of sp³-hybridized carbons (Fsp3) is 0.250. The predicted octanol–water partition coefficient (Wildman–Crippen LogP) is -0.295. The Kier molecular flexibility index (Phi) is 4.48. The van der Waals surface area contributed by atoms with Crippen LogP contribution in [-0.2, 0) is 6.54 Å². The number of nitrogens with zero attached hydrogens (tertiary/aromatic N) is 1. The molecule has 0 bridgehead atoms. The second-order valence-corrected chi connectivity index (χ2v) is 4.53. The molecule has 0 aliphatic heterocycles. The second-order valence-electron chi connectivity index (χ2n) is 3.47. The van der Waals surface area contributed by atoms with Crippen molar-refractivity contribution in [2.75, 3.05) is 0 Å². The van der Waals surface area contributed by atoms with Crippen LogP contribution >= 0.6 is 11.3 Å². The molecule has 0 saturated heterocycles. The summed E-state index contributed by atoms with van der Waals surface area (Å²) in [5.41, 5.74) is 2.71. The van der Waals surface area contributed by atoms with Crippen LogP contribution in [-0.4, -0.2) is 0 Å². The van der Waals surface area contributed by atoms with E-state index in [9.17, 15) is 0 Å². The third-order valence-corrected chi connectivity index (χ3v) is 3.41. The minimum Gasteiger partial charge on any atom is -1.00 e. The van der Waals surface area contributed by atoms with Crippen molar-refractivity contribution < 1.29 is 21.5 Å². The van der Waals surface area contributed by atoms with Crippen molar-refractivity contribution >= 4 is 11.3 Å². The lowest BCUT2D eigenvalue weighted by Gasteiger charge is -1.97. The first-order chi connectivity index (χ1) is 6.77. The molecule has 0 amide bonds. The predicted molar refractivity (Wildman–Crippen MR) is 59.5 cm³/mol. The van der Waals surface area contributed by atoms with Crippen LogP contribution < -0.4 is 21.5 Å². The van der Waals surface area contributed by atoms with Crippen molar-refractivity contribution in [3.8, 4) is 0 Å². The zero-order valence-electron chi connectivity index (χ0n) is 8.90. The molecular formula is C12H14BrNS. The summed E-state index contributed by atoms with van der Waals surface area (Å²) >= 11 is 1.81. The molecule has 0 fully saturated rings. The van der Waals surface area contributed by atoms with Crippen molar-refractivity contribution in [1.82, 2.24) is 0 Å². The number of rotatable bonds is 2. The first-order valence-electron chi connectivity index (χ1n) is 4.76. The molecule has 1 heterocycles. The average Bonchev–Trinajstić information content (AvgIpc) is 2.51. The molecule has 0 unspecified atom stereocenters. The summed E-state index contributed by atoms with van der Waals surface area (Å²) in [6, 6.07) is 10.6. The molecule has 0 N–H and O–H groups in total. The van der Waals surface area contributed by atoms with Crippen LogP contribution in [0.3, 0.4) is 0 Å². The Balaban J connectivity index is 0.00000112. The molecule has 80 valence electrons. The lowest BCUT2D eigenvalue weighted by Crippen LogP contribution is -3.00.